The summed E-state index contributed by atoms with van der Waals surface area (Å²) in [5, 5.41) is 0.435. The summed E-state index contributed by atoms with van der Waals surface area (Å²) in [4.78, 5) is 27.3. The fourth-order valence-electron chi connectivity index (χ4n) is 2.54. The maximum absolute atomic E-state index is 12.2. The van der Waals surface area contributed by atoms with Crippen LogP contribution in [0.4, 0.5) is 0 Å². The van der Waals surface area contributed by atoms with Gasteiger partial charge in [0.15, 0.2) is 6.29 Å². The third-order valence-corrected chi connectivity index (χ3v) is 3.80. The van der Waals surface area contributed by atoms with Crippen LogP contribution in [0.2, 0.25) is 5.02 Å². The van der Waals surface area contributed by atoms with E-state index < -0.39 is 5.78 Å². The smallest absolute Gasteiger partial charge is 0.242 e. The van der Waals surface area contributed by atoms with Crippen LogP contribution in [-0.2, 0) is 11.3 Å². The number of ketones is 1. The molecule has 0 N–H and O–H groups in total. The van der Waals surface area contributed by atoms with Gasteiger partial charge in [-0.1, -0.05) is 48.0 Å². The van der Waals surface area contributed by atoms with Gasteiger partial charge in [-0.2, -0.15) is 0 Å². The fourth-order valence-corrected chi connectivity index (χ4v) is 2.85. The van der Waals surface area contributed by atoms with Gasteiger partial charge in [0.1, 0.15) is 5.69 Å². The summed E-state index contributed by atoms with van der Waals surface area (Å²) in [5.74, 6) is -0.598. The highest BCUT2D eigenvalue weighted by molar-refractivity contribution is 6.39. The molecule has 1 aromatic carbocycles. The quantitative estimate of drug-likeness (QED) is 0.409. The van der Waals surface area contributed by atoms with Crippen LogP contribution in [0, 0.1) is 0 Å². The standard InChI is InChI=1S/C18H13ClN2O2/c19-15-11-21(10-13-5-4-8-20-9-13)18(16(23)12-22)17(15)14-6-2-1-3-7-14/h1-9,11-12H,10H2. The van der Waals surface area contributed by atoms with Crippen LogP contribution in [0.1, 0.15) is 16.1 Å². The molecule has 0 spiro atoms. The lowest BCUT2D eigenvalue weighted by Crippen LogP contribution is -2.11. The number of Topliss-reactive ketones (excluding diaryl/α,β-unsaturated/α-hetero) is 1. The number of hydrogen-bond acceptors (Lipinski definition) is 3. The van der Waals surface area contributed by atoms with Crippen LogP contribution >= 0.6 is 11.6 Å². The van der Waals surface area contributed by atoms with Gasteiger partial charge >= 0.3 is 0 Å². The molecule has 3 rings (SSSR count). The molecule has 0 unspecified atom stereocenters. The lowest BCUT2D eigenvalue weighted by molar-refractivity contribution is -0.104. The molecule has 2 heterocycles. The Morgan fingerprint density at radius 3 is 2.61 bits per heavy atom. The number of halogens is 1. The molecule has 3 aromatic rings. The topological polar surface area (TPSA) is 52.0 Å². The zero-order valence-electron chi connectivity index (χ0n) is 12.1. The Hall–Kier alpha value is -2.72. The first-order valence-electron chi connectivity index (χ1n) is 7.03. The SMILES string of the molecule is O=CC(=O)c1c(-c2ccccc2)c(Cl)cn1Cc1cccnc1. The minimum Gasteiger partial charge on any atom is -0.338 e. The van der Waals surface area contributed by atoms with Crippen LogP contribution < -0.4 is 0 Å². The highest BCUT2D eigenvalue weighted by Gasteiger charge is 2.21. The summed E-state index contributed by atoms with van der Waals surface area (Å²) in [6.07, 6.45) is 5.38. The van der Waals surface area contributed by atoms with Crippen molar-refractivity contribution < 1.29 is 9.59 Å². The molecule has 0 aliphatic heterocycles. The first-order chi connectivity index (χ1) is 11.2. The second-order valence-electron chi connectivity index (χ2n) is 5.04. The number of aromatic nitrogens is 2. The lowest BCUT2D eigenvalue weighted by atomic mass is 10.0. The third kappa shape index (κ3) is 3.07. The van der Waals surface area contributed by atoms with E-state index in [2.05, 4.69) is 4.98 Å². The number of aldehydes is 1. The van der Waals surface area contributed by atoms with E-state index in [-0.39, 0.29) is 0 Å². The Morgan fingerprint density at radius 2 is 1.96 bits per heavy atom. The van der Waals surface area contributed by atoms with Gasteiger partial charge < -0.3 is 4.57 Å². The number of nitrogens with zero attached hydrogens (tertiary/aromatic N) is 2. The minimum atomic E-state index is -0.598. The third-order valence-electron chi connectivity index (χ3n) is 3.51. The van der Waals surface area contributed by atoms with Gasteiger partial charge in [-0.05, 0) is 17.2 Å². The van der Waals surface area contributed by atoms with Gasteiger partial charge in [0.05, 0.1) is 5.02 Å². The maximum Gasteiger partial charge on any atom is 0.242 e. The molecule has 0 fully saturated rings. The van der Waals surface area contributed by atoms with Crippen molar-refractivity contribution in [1.82, 2.24) is 9.55 Å². The lowest BCUT2D eigenvalue weighted by Gasteiger charge is -2.08. The van der Waals surface area contributed by atoms with Crippen LogP contribution in [-0.4, -0.2) is 21.6 Å². The molecule has 114 valence electrons. The normalized spacial score (nSPS) is 10.5. The van der Waals surface area contributed by atoms with E-state index in [1.165, 1.54) is 0 Å². The Labute approximate surface area is 138 Å². The molecule has 0 saturated carbocycles. The summed E-state index contributed by atoms with van der Waals surface area (Å²) >= 11 is 6.35. The molecule has 0 bridgehead atoms. The van der Waals surface area contributed by atoms with Crippen molar-refractivity contribution in [2.45, 2.75) is 6.54 Å². The predicted molar refractivity (Wildman–Crippen MR) is 88.6 cm³/mol. The first kappa shape index (κ1) is 15.2. The number of carbonyl (C=O) groups is 2. The summed E-state index contributed by atoms with van der Waals surface area (Å²) in [6.45, 7) is 0.412. The summed E-state index contributed by atoms with van der Waals surface area (Å²) < 4.78 is 1.69. The summed E-state index contributed by atoms with van der Waals surface area (Å²) in [6, 6.07) is 13.0. The molecule has 0 aliphatic rings. The van der Waals surface area contributed by atoms with Gasteiger partial charge in [-0.15, -0.1) is 0 Å². The fraction of sp³-hybridized carbons (Fsp3) is 0.0556. The van der Waals surface area contributed by atoms with Gasteiger partial charge in [0.25, 0.3) is 0 Å². The number of pyridine rings is 1. The Bertz CT molecular complexity index is 842. The zero-order valence-corrected chi connectivity index (χ0v) is 12.9. The molecule has 0 atom stereocenters. The zero-order chi connectivity index (χ0) is 16.2. The molecule has 23 heavy (non-hydrogen) atoms. The van der Waals surface area contributed by atoms with Crippen LogP contribution in [0.3, 0.4) is 0 Å². The first-order valence-corrected chi connectivity index (χ1v) is 7.41. The van der Waals surface area contributed by atoms with E-state index in [4.69, 9.17) is 11.6 Å². The number of benzene rings is 1. The molecule has 0 aliphatic carbocycles. The van der Waals surface area contributed by atoms with Crippen LogP contribution in [0.5, 0.6) is 0 Å². The molecular weight excluding hydrogens is 312 g/mol. The van der Waals surface area contributed by atoms with E-state index in [1.807, 2.05) is 42.5 Å². The highest BCUT2D eigenvalue weighted by atomic mass is 35.5. The highest BCUT2D eigenvalue weighted by Crippen LogP contribution is 2.33. The van der Waals surface area contributed by atoms with Crippen molar-refractivity contribution in [1.29, 1.82) is 0 Å². The maximum atomic E-state index is 12.2. The molecule has 2 aromatic heterocycles. The summed E-state index contributed by atoms with van der Waals surface area (Å²) in [7, 11) is 0. The van der Waals surface area contributed by atoms with Crippen molar-refractivity contribution in [3.63, 3.8) is 0 Å². The molecule has 0 amide bonds. The summed E-state index contributed by atoms with van der Waals surface area (Å²) in [5.41, 5.74) is 2.58. The Morgan fingerprint density at radius 1 is 1.17 bits per heavy atom. The molecule has 0 radical (unpaired) electrons. The van der Waals surface area contributed by atoms with E-state index in [0.717, 1.165) is 11.1 Å². The number of carbonyl (C=O) groups excluding carboxylic acids is 2. The molecule has 4 nitrogen and oxygen atoms in total. The van der Waals surface area contributed by atoms with Crippen molar-refractivity contribution >= 4 is 23.7 Å². The second-order valence-corrected chi connectivity index (χ2v) is 5.45. The Kier molecular flexibility index (Phi) is 4.35. The van der Waals surface area contributed by atoms with E-state index in [0.29, 0.717) is 29.1 Å². The van der Waals surface area contributed by atoms with Crippen LogP contribution in [0.15, 0.2) is 61.1 Å². The molecular formula is C18H13ClN2O2. The van der Waals surface area contributed by atoms with Crippen molar-refractivity contribution in [3.8, 4) is 11.1 Å². The van der Waals surface area contributed by atoms with Crippen molar-refractivity contribution in [3.05, 3.63) is 77.3 Å². The second kappa shape index (κ2) is 6.58. The Balaban J connectivity index is 2.14. The van der Waals surface area contributed by atoms with Crippen molar-refractivity contribution in [2.75, 3.05) is 0 Å². The largest absolute Gasteiger partial charge is 0.338 e. The average Bonchev–Trinajstić information content (AvgIpc) is 2.91. The number of hydrogen-bond donors (Lipinski definition) is 0. The van der Waals surface area contributed by atoms with E-state index >= 15 is 0 Å². The monoisotopic (exact) mass is 324 g/mol. The molecule has 5 heteroatoms. The van der Waals surface area contributed by atoms with Crippen molar-refractivity contribution in [2.24, 2.45) is 0 Å². The number of rotatable bonds is 5. The van der Waals surface area contributed by atoms with Gasteiger partial charge in [0, 0.05) is 30.7 Å². The average molecular weight is 325 g/mol. The van der Waals surface area contributed by atoms with Crippen LogP contribution in [0.25, 0.3) is 11.1 Å². The predicted octanol–water partition coefficient (Wildman–Crippen LogP) is 3.63. The van der Waals surface area contributed by atoms with E-state index in [9.17, 15) is 9.59 Å². The van der Waals surface area contributed by atoms with Gasteiger partial charge in [-0.3, -0.25) is 14.6 Å². The van der Waals surface area contributed by atoms with Gasteiger partial charge in [-0.25, -0.2) is 0 Å². The van der Waals surface area contributed by atoms with Gasteiger partial charge in [0.2, 0.25) is 5.78 Å². The minimum absolute atomic E-state index is 0.292. The molecule has 0 saturated heterocycles. The van der Waals surface area contributed by atoms with E-state index in [1.54, 1.807) is 23.2 Å².